The fourth-order valence-electron chi connectivity index (χ4n) is 1.56. The third-order valence-electron chi connectivity index (χ3n) is 2.61. The van der Waals surface area contributed by atoms with Gasteiger partial charge in [-0.2, -0.15) is 0 Å². The minimum absolute atomic E-state index is 0.265. The third kappa shape index (κ3) is 4.30. The standard InChI is InChI=1S/C15H9BrCl2FNO/c16-10-2-4-14(13(19)8-10)20-6-5-15(21)9-1-3-11(17)12(18)7-9/h1-8,20H/b6-5-. The molecule has 0 heterocycles. The van der Waals surface area contributed by atoms with Crippen LogP contribution in [0.25, 0.3) is 0 Å². The summed E-state index contributed by atoms with van der Waals surface area (Å²) in [5.74, 6) is -0.686. The molecule has 0 atom stereocenters. The smallest absolute Gasteiger partial charge is 0.187 e. The van der Waals surface area contributed by atoms with E-state index in [0.717, 1.165) is 0 Å². The van der Waals surface area contributed by atoms with E-state index in [9.17, 15) is 9.18 Å². The van der Waals surface area contributed by atoms with Crippen molar-refractivity contribution < 1.29 is 9.18 Å². The van der Waals surface area contributed by atoms with Crippen molar-refractivity contribution in [2.45, 2.75) is 0 Å². The van der Waals surface area contributed by atoms with Gasteiger partial charge in [-0.05, 0) is 36.4 Å². The van der Waals surface area contributed by atoms with Gasteiger partial charge in [0.1, 0.15) is 5.82 Å². The van der Waals surface area contributed by atoms with E-state index in [1.807, 2.05) is 0 Å². The van der Waals surface area contributed by atoms with Gasteiger partial charge in [-0.3, -0.25) is 4.79 Å². The van der Waals surface area contributed by atoms with E-state index in [4.69, 9.17) is 23.2 Å². The van der Waals surface area contributed by atoms with E-state index < -0.39 is 5.82 Å². The van der Waals surface area contributed by atoms with Gasteiger partial charge >= 0.3 is 0 Å². The molecule has 0 aromatic heterocycles. The second-order valence-corrected chi connectivity index (χ2v) is 5.83. The van der Waals surface area contributed by atoms with Gasteiger partial charge in [-0.15, -0.1) is 0 Å². The van der Waals surface area contributed by atoms with E-state index in [1.54, 1.807) is 24.3 Å². The van der Waals surface area contributed by atoms with Crippen molar-refractivity contribution in [2.75, 3.05) is 5.32 Å². The normalized spacial score (nSPS) is 10.9. The molecule has 2 rings (SSSR count). The van der Waals surface area contributed by atoms with E-state index in [0.29, 0.717) is 20.1 Å². The summed E-state index contributed by atoms with van der Waals surface area (Å²) >= 11 is 14.8. The molecule has 0 saturated carbocycles. The van der Waals surface area contributed by atoms with Crippen LogP contribution >= 0.6 is 39.1 Å². The summed E-state index contributed by atoms with van der Waals surface area (Å²) in [6.07, 6.45) is 2.66. The van der Waals surface area contributed by atoms with Crippen molar-refractivity contribution in [3.63, 3.8) is 0 Å². The molecule has 0 aliphatic heterocycles. The number of allylic oxidation sites excluding steroid dienone is 1. The number of rotatable bonds is 4. The Morgan fingerprint density at radius 2 is 1.90 bits per heavy atom. The molecule has 0 aliphatic rings. The molecule has 0 fully saturated rings. The average molecular weight is 389 g/mol. The first kappa shape index (κ1) is 16.0. The lowest BCUT2D eigenvalue weighted by Gasteiger charge is -2.03. The predicted molar refractivity (Wildman–Crippen MR) is 87.7 cm³/mol. The summed E-state index contributed by atoms with van der Waals surface area (Å²) in [6.45, 7) is 0. The summed E-state index contributed by atoms with van der Waals surface area (Å²) < 4.78 is 14.2. The molecule has 2 aromatic carbocycles. The molecule has 2 nitrogen and oxygen atoms in total. The van der Waals surface area contributed by atoms with Crippen molar-refractivity contribution in [1.29, 1.82) is 0 Å². The van der Waals surface area contributed by atoms with Crippen LogP contribution in [0.5, 0.6) is 0 Å². The van der Waals surface area contributed by atoms with Crippen LogP contribution in [0.3, 0.4) is 0 Å². The van der Waals surface area contributed by atoms with Crippen LogP contribution in [0.2, 0.25) is 10.0 Å². The highest BCUT2D eigenvalue weighted by Crippen LogP contribution is 2.23. The van der Waals surface area contributed by atoms with Crippen molar-refractivity contribution in [2.24, 2.45) is 0 Å². The number of carbonyl (C=O) groups is 1. The topological polar surface area (TPSA) is 29.1 Å². The monoisotopic (exact) mass is 387 g/mol. The Kier molecular flexibility index (Phi) is 5.39. The molecule has 0 unspecified atom stereocenters. The summed E-state index contributed by atoms with van der Waals surface area (Å²) in [5, 5.41) is 3.40. The van der Waals surface area contributed by atoms with E-state index in [2.05, 4.69) is 21.2 Å². The Morgan fingerprint density at radius 3 is 2.57 bits per heavy atom. The van der Waals surface area contributed by atoms with Gasteiger partial charge in [0.05, 0.1) is 15.7 Å². The Labute approximate surface area is 139 Å². The van der Waals surface area contributed by atoms with Crippen LogP contribution < -0.4 is 5.32 Å². The van der Waals surface area contributed by atoms with Crippen LogP contribution in [-0.2, 0) is 0 Å². The molecule has 0 spiro atoms. The fraction of sp³-hybridized carbons (Fsp3) is 0. The molecular formula is C15H9BrCl2FNO. The molecule has 0 radical (unpaired) electrons. The first-order valence-electron chi connectivity index (χ1n) is 5.85. The molecule has 108 valence electrons. The van der Waals surface area contributed by atoms with Gasteiger partial charge in [0.2, 0.25) is 0 Å². The SMILES string of the molecule is O=C(/C=C\Nc1ccc(Br)cc1F)c1ccc(Cl)c(Cl)c1. The Balaban J connectivity index is 2.06. The number of hydrogen-bond acceptors (Lipinski definition) is 2. The van der Waals surface area contributed by atoms with Crippen molar-refractivity contribution in [1.82, 2.24) is 0 Å². The molecule has 6 heteroatoms. The Morgan fingerprint density at radius 1 is 1.14 bits per heavy atom. The maximum absolute atomic E-state index is 13.6. The predicted octanol–water partition coefficient (Wildman–Crippen LogP) is 5.70. The number of carbonyl (C=O) groups excluding carboxylic acids is 1. The Hall–Kier alpha value is -1.36. The Bertz CT molecular complexity index is 719. The summed E-state index contributed by atoms with van der Waals surface area (Å²) in [6, 6.07) is 9.19. The van der Waals surface area contributed by atoms with Crippen LogP contribution in [0.1, 0.15) is 10.4 Å². The largest absolute Gasteiger partial charge is 0.359 e. The summed E-state index contributed by atoms with van der Waals surface area (Å²) in [4.78, 5) is 11.9. The second kappa shape index (κ2) is 7.07. The number of ketones is 1. The lowest BCUT2D eigenvalue weighted by Crippen LogP contribution is -1.97. The molecule has 21 heavy (non-hydrogen) atoms. The average Bonchev–Trinajstić information content (AvgIpc) is 2.44. The number of nitrogens with one attached hydrogen (secondary N) is 1. The maximum atomic E-state index is 13.6. The second-order valence-electron chi connectivity index (χ2n) is 4.09. The zero-order chi connectivity index (χ0) is 15.4. The molecule has 0 bridgehead atoms. The van der Waals surface area contributed by atoms with E-state index >= 15 is 0 Å². The van der Waals surface area contributed by atoms with Gasteiger partial charge < -0.3 is 5.32 Å². The quantitative estimate of drug-likeness (QED) is 0.537. The third-order valence-corrected chi connectivity index (χ3v) is 3.84. The van der Waals surface area contributed by atoms with Gasteiger partial charge in [0.15, 0.2) is 5.78 Å². The highest BCUT2D eigenvalue weighted by molar-refractivity contribution is 9.10. The molecule has 0 aliphatic carbocycles. The van der Waals surface area contributed by atoms with E-state index in [1.165, 1.54) is 24.4 Å². The van der Waals surface area contributed by atoms with Crippen LogP contribution in [0.4, 0.5) is 10.1 Å². The minimum atomic E-state index is -0.420. The van der Waals surface area contributed by atoms with Crippen LogP contribution in [0, 0.1) is 5.82 Å². The van der Waals surface area contributed by atoms with Gasteiger partial charge in [-0.25, -0.2) is 4.39 Å². The zero-order valence-electron chi connectivity index (χ0n) is 10.5. The number of hydrogen-bond donors (Lipinski definition) is 1. The van der Waals surface area contributed by atoms with Crippen LogP contribution in [-0.4, -0.2) is 5.78 Å². The van der Waals surface area contributed by atoms with Gasteiger partial charge in [0.25, 0.3) is 0 Å². The van der Waals surface area contributed by atoms with Crippen molar-refractivity contribution in [3.8, 4) is 0 Å². The van der Waals surface area contributed by atoms with E-state index in [-0.39, 0.29) is 11.5 Å². The van der Waals surface area contributed by atoms with Crippen molar-refractivity contribution >= 4 is 50.6 Å². The van der Waals surface area contributed by atoms with Crippen LogP contribution in [0.15, 0.2) is 53.1 Å². The first-order chi connectivity index (χ1) is 9.97. The van der Waals surface area contributed by atoms with Gasteiger partial charge in [-0.1, -0.05) is 39.1 Å². The highest BCUT2D eigenvalue weighted by atomic mass is 79.9. The highest BCUT2D eigenvalue weighted by Gasteiger charge is 2.05. The number of benzene rings is 2. The van der Waals surface area contributed by atoms with Gasteiger partial charge in [0, 0.05) is 22.3 Å². The first-order valence-corrected chi connectivity index (χ1v) is 7.40. The lowest BCUT2D eigenvalue weighted by atomic mass is 10.1. The zero-order valence-corrected chi connectivity index (χ0v) is 13.6. The molecular weight excluding hydrogens is 380 g/mol. The fourth-order valence-corrected chi connectivity index (χ4v) is 2.19. The summed E-state index contributed by atoms with van der Waals surface area (Å²) in [5.41, 5.74) is 0.676. The lowest BCUT2D eigenvalue weighted by molar-refractivity contribution is 0.104. The molecule has 0 saturated heterocycles. The molecule has 0 amide bonds. The molecule has 2 aromatic rings. The minimum Gasteiger partial charge on any atom is -0.359 e. The molecule has 1 N–H and O–H groups in total. The summed E-state index contributed by atoms with van der Waals surface area (Å²) in [7, 11) is 0. The maximum Gasteiger partial charge on any atom is 0.187 e. The van der Waals surface area contributed by atoms with Crippen molar-refractivity contribution in [3.05, 3.63) is 74.6 Å². The number of halogens is 4. The number of anilines is 1.